The number of benzene rings is 1. The van der Waals surface area contributed by atoms with Crippen LogP contribution in [-0.4, -0.2) is 9.97 Å². The van der Waals surface area contributed by atoms with Crippen LogP contribution in [0.25, 0.3) is 0 Å². The molecule has 18 heavy (non-hydrogen) atoms. The van der Waals surface area contributed by atoms with Crippen molar-refractivity contribution in [2.45, 2.75) is 24.8 Å². The van der Waals surface area contributed by atoms with E-state index in [4.69, 9.17) is 5.73 Å². The number of hydrogen-bond donors (Lipinski definition) is 1. The van der Waals surface area contributed by atoms with Gasteiger partial charge in [-0.3, -0.25) is 0 Å². The number of nitrogens with zero attached hydrogens (tertiary/aromatic N) is 2. The van der Waals surface area contributed by atoms with Crippen LogP contribution in [0, 0.1) is 13.8 Å². The van der Waals surface area contributed by atoms with E-state index in [-0.39, 0.29) is 0 Å². The van der Waals surface area contributed by atoms with Crippen molar-refractivity contribution in [3.05, 3.63) is 45.7 Å². The average molecular weight is 324 g/mol. The lowest BCUT2D eigenvalue weighted by Gasteiger charge is -2.05. The van der Waals surface area contributed by atoms with E-state index < -0.39 is 0 Å². The topological polar surface area (TPSA) is 51.8 Å². The molecule has 0 fully saturated rings. The van der Waals surface area contributed by atoms with E-state index in [1.54, 1.807) is 11.8 Å². The number of thioether (sulfide) groups is 1. The number of rotatable bonds is 3. The van der Waals surface area contributed by atoms with Crippen molar-refractivity contribution < 1.29 is 0 Å². The Labute approximate surface area is 119 Å². The van der Waals surface area contributed by atoms with E-state index in [1.807, 2.05) is 32.0 Å². The SMILES string of the molecule is Cc1cc(C)nc(SCc2ccc(Br)c(N)c2)n1. The van der Waals surface area contributed by atoms with Gasteiger partial charge in [-0.1, -0.05) is 17.8 Å². The molecule has 0 aliphatic rings. The van der Waals surface area contributed by atoms with Crippen molar-refractivity contribution in [2.75, 3.05) is 5.73 Å². The predicted molar refractivity (Wildman–Crippen MR) is 79.6 cm³/mol. The van der Waals surface area contributed by atoms with Crippen LogP contribution in [0.3, 0.4) is 0 Å². The summed E-state index contributed by atoms with van der Waals surface area (Å²) in [4.78, 5) is 8.80. The maximum absolute atomic E-state index is 5.85. The molecule has 0 saturated carbocycles. The monoisotopic (exact) mass is 323 g/mol. The van der Waals surface area contributed by atoms with Gasteiger partial charge in [0.2, 0.25) is 0 Å². The molecule has 0 spiro atoms. The molecule has 0 bridgehead atoms. The normalized spacial score (nSPS) is 10.6. The quantitative estimate of drug-likeness (QED) is 0.531. The Hall–Kier alpha value is -1.07. The molecule has 1 aromatic heterocycles. The van der Waals surface area contributed by atoms with E-state index in [2.05, 4.69) is 32.0 Å². The third kappa shape index (κ3) is 3.46. The van der Waals surface area contributed by atoms with Gasteiger partial charge < -0.3 is 5.73 Å². The summed E-state index contributed by atoms with van der Waals surface area (Å²) in [5.41, 5.74) is 9.78. The third-order valence-corrected chi connectivity index (χ3v) is 4.03. The van der Waals surface area contributed by atoms with Gasteiger partial charge in [-0.05, 0) is 53.5 Å². The summed E-state index contributed by atoms with van der Waals surface area (Å²) in [5, 5.41) is 0.814. The van der Waals surface area contributed by atoms with Crippen molar-refractivity contribution >= 4 is 33.4 Å². The molecule has 2 rings (SSSR count). The van der Waals surface area contributed by atoms with Gasteiger partial charge in [0.05, 0.1) is 0 Å². The van der Waals surface area contributed by atoms with Gasteiger partial charge in [-0.2, -0.15) is 0 Å². The van der Waals surface area contributed by atoms with Crippen LogP contribution in [0.15, 0.2) is 33.9 Å². The average Bonchev–Trinajstić information content (AvgIpc) is 2.29. The number of hydrogen-bond acceptors (Lipinski definition) is 4. The maximum Gasteiger partial charge on any atom is 0.188 e. The molecule has 0 saturated heterocycles. The Balaban J connectivity index is 2.08. The molecule has 3 nitrogen and oxygen atoms in total. The van der Waals surface area contributed by atoms with Crippen LogP contribution in [0.5, 0.6) is 0 Å². The van der Waals surface area contributed by atoms with Crippen LogP contribution < -0.4 is 5.73 Å². The molecule has 5 heteroatoms. The fourth-order valence-electron chi connectivity index (χ4n) is 1.59. The highest BCUT2D eigenvalue weighted by Crippen LogP contribution is 2.25. The second kappa shape index (κ2) is 5.71. The molecule has 0 radical (unpaired) electrons. The van der Waals surface area contributed by atoms with Gasteiger partial charge in [0, 0.05) is 27.3 Å². The Morgan fingerprint density at radius 1 is 1.17 bits per heavy atom. The molecular weight excluding hydrogens is 310 g/mol. The minimum Gasteiger partial charge on any atom is -0.398 e. The standard InChI is InChI=1S/C13H14BrN3S/c1-8-5-9(2)17-13(16-8)18-7-10-3-4-11(14)12(15)6-10/h3-6H,7,15H2,1-2H3. The third-order valence-electron chi connectivity index (χ3n) is 2.39. The number of halogens is 1. The highest BCUT2D eigenvalue weighted by molar-refractivity contribution is 9.10. The van der Waals surface area contributed by atoms with E-state index in [1.165, 1.54) is 5.56 Å². The summed E-state index contributed by atoms with van der Waals surface area (Å²) in [6.07, 6.45) is 0. The van der Waals surface area contributed by atoms with Gasteiger partial charge in [0.1, 0.15) is 0 Å². The van der Waals surface area contributed by atoms with Crippen molar-refractivity contribution in [3.8, 4) is 0 Å². The van der Waals surface area contributed by atoms with E-state index in [9.17, 15) is 0 Å². The predicted octanol–water partition coefficient (Wildman–Crippen LogP) is 3.73. The molecule has 0 unspecified atom stereocenters. The molecule has 0 aliphatic carbocycles. The Bertz CT molecular complexity index is 552. The molecule has 0 atom stereocenters. The lowest BCUT2D eigenvalue weighted by molar-refractivity contribution is 0.902. The fraction of sp³-hybridized carbons (Fsp3) is 0.231. The lowest BCUT2D eigenvalue weighted by atomic mass is 10.2. The second-order valence-corrected chi connectivity index (χ2v) is 5.87. The zero-order chi connectivity index (χ0) is 13.1. The first-order chi connectivity index (χ1) is 8.54. The van der Waals surface area contributed by atoms with E-state index in [0.717, 1.165) is 32.5 Å². The first-order valence-corrected chi connectivity index (χ1v) is 7.31. The van der Waals surface area contributed by atoms with Crippen molar-refractivity contribution in [1.82, 2.24) is 9.97 Å². The van der Waals surface area contributed by atoms with Crippen LogP contribution in [0.2, 0.25) is 0 Å². The molecular formula is C13H14BrN3S. The number of aryl methyl sites for hydroxylation is 2. The highest BCUT2D eigenvalue weighted by atomic mass is 79.9. The van der Waals surface area contributed by atoms with Crippen molar-refractivity contribution in [1.29, 1.82) is 0 Å². The van der Waals surface area contributed by atoms with Crippen LogP contribution >= 0.6 is 27.7 Å². The summed E-state index contributed by atoms with van der Waals surface area (Å²) in [6, 6.07) is 7.96. The smallest absolute Gasteiger partial charge is 0.188 e. The first-order valence-electron chi connectivity index (χ1n) is 5.53. The minimum absolute atomic E-state index is 0.759. The zero-order valence-electron chi connectivity index (χ0n) is 10.3. The van der Waals surface area contributed by atoms with Crippen molar-refractivity contribution in [2.24, 2.45) is 0 Å². The first kappa shape index (κ1) is 13.4. The number of anilines is 1. The molecule has 2 N–H and O–H groups in total. The molecule has 0 aliphatic heterocycles. The Morgan fingerprint density at radius 3 is 2.44 bits per heavy atom. The Kier molecular flexibility index (Phi) is 4.24. The maximum atomic E-state index is 5.85. The van der Waals surface area contributed by atoms with Gasteiger partial charge in [-0.15, -0.1) is 0 Å². The summed E-state index contributed by atoms with van der Waals surface area (Å²) < 4.78 is 0.930. The molecule has 1 aromatic carbocycles. The fourth-order valence-corrected chi connectivity index (χ4v) is 2.73. The molecule has 2 aromatic rings. The largest absolute Gasteiger partial charge is 0.398 e. The number of nitrogens with two attached hydrogens (primary N) is 1. The summed E-state index contributed by atoms with van der Waals surface area (Å²) in [7, 11) is 0. The van der Waals surface area contributed by atoms with Gasteiger partial charge in [0.15, 0.2) is 5.16 Å². The minimum atomic E-state index is 0.759. The van der Waals surface area contributed by atoms with Crippen molar-refractivity contribution in [3.63, 3.8) is 0 Å². The number of nitrogen functional groups attached to an aromatic ring is 1. The number of aromatic nitrogens is 2. The second-order valence-electron chi connectivity index (χ2n) is 4.08. The lowest BCUT2D eigenvalue weighted by Crippen LogP contribution is -1.94. The summed E-state index contributed by atoms with van der Waals surface area (Å²) >= 11 is 5.01. The van der Waals surface area contributed by atoms with Gasteiger partial charge in [0.25, 0.3) is 0 Å². The van der Waals surface area contributed by atoms with Crippen LogP contribution in [-0.2, 0) is 5.75 Å². The van der Waals surface area contributed by atoms with Crippen LogP contribution in [0.1, 0.15) is 17.0 Å². The van der Waals surface area contributed by atoms with E-state index in [0.29, 0.717) is 0 Å². The summed E-state index contributed by atoms with van der Waals surface area (Å²) in [6.45, 7) is 3.96. The highest BCUT2D eigenvalue weighted by Gasteiger charge is 2.03. The zero-order valence-corrected chi connectivity index (χ0v) is 12.7. The molecule has 0 amide bonds. The van der Waals surface area contributed by atoms with Gasteiger partial charge >= 0.3 is 0 Å². The van der Waals surface area contributed by atoms with Crippen LogP contribution in [0.4, 0.5) is 5.69 Å². The molecule has 1 heterocycles. The Morgan fingerprint density at radius 2 is 1.83 bits per heavy atom. The molecule has 94 valence electrons. The summed E-state index contributed by atoms with van der Waals surface area (Å²) in [5.74, 6) is 0.820. The van der Waals surface area contributed by atoms with Gasteiger partial charge in [-0.25, -0.2) is 9.97 Å². The van der Waals surface area contributed by atoms with E-state index >= 15 is 0 Å².